The van der Waals surface area contributed by atoms with Gasteiger partial charge in [-0.05, 0) is 49.2 Å². The van der Waals surface area contributed by atoms with Gasteiger partial charge in [0.1, 0.15) is 11.5 Å². The summed E-state index contributed by atoms with van der Waals surface area (Å²) in [7, 11) is 0. The van der Waals surface area contributed by atoms with Crippen LogP contribution in [0.5, 0.6) is 11.6 Å². The van der Waals surface area contributed by atoms with Crippen molar-refractivity contribution >= 4 is 28.4 Å². The van der Waals surface area contributed by atoms with Crippen molar-refractivity contribution in [3.63, 3.8) is 0 Å². The van der Waals surface area contributed by atoms with E-state index in [1.165, 1.54) is 0 Å². The number of pyridine rings is 1. The molecule has 6 heteroatoms. The van der Waals surface area contributed by atoms with Crippen molar-refractivity contribution < 1.29 is 14.6 Å². The lowest BCUT2D eigenvalue weighted by Gasteiger charge is -2.25. The van der Waals surface area contributed by atoms with Crippen molar-refractivity contribution in [2.75, 3.05) is 6.61 Å². The summed E-state index contributed by atoms with van der Waals surface area (Å²) >= 11 is 1.79. The Labute approximate surface area is 230 Å². The lowest BCUT2D eigenvalue weighted by atomic mass is 9.84. The van der Waals surface area contributed by atoms with Crippen molar-refractivity contribution in [1.29, 1.82) is 0 Å². The highest BCUT2D eigenvalue weighted by Crippen LogP contribution is 2.44. The molecule has 0 aliphatic carbocycles. The predicted molar refractivity (Wildman–Crippen MR) is 157 cm³/mol. The van der Waals surface area contributed by atoms with Gasteiger partial charge >= 0.3 is 0 Å². The summed E-state index contributed by atoms with van der Waals surface area (Å²) in [6.07, 6.45) is 2.45. The highest BCUT2D eigenvalue weighted by Gasteiger charge is 2.30. The van der Waals surface area contributed by atoms with E-state index in [9.17, 15) is 9.90 Å². The maximum Gasteiger partial charge on any atom is 0.213 e. The number of hydrogen-bond donors (Lipinski definition) is 1. The average molecular weight is 531 g/mol. The first-order valence-corrected chi connectivity index (χ1v) is 13.9. The average Bonchev–Trinajstić information content (AvgIpc) is 3.10. The van der Waals surface area contributed by atoms with Gasteiger partial charge in [0.2, 0.25) is 5.88 Å². The van der Waals surface area contributed by atoms with Crippen molar-refractivity contribution in [1.82, 2.24) is 9.55 Å². The molecule has 0 saturated carbocycles. The second-order valence-electron chi connectivity index (χ2n) is 11.4. The molecule has 0 saturated heterocycles. The molecule has 38 heavy (non-hydrogen) atoms. The number of carbonyl (C=O) groups excluding carboxylic acids is 1. The number of thioether (sulfide) groups is 1. The fraction of sp³-hybridized carbons (Fsp3) is 0.375. The standard InChI is InChI=1S/C32H38N2O3S/c1-8-37-29-16-13-24(19-33-29)23-11-9-22(10-12-23)20-34-27-15-14-25(36)17-26(27)30(38-31(3,4)5)28(34)18-32(6,7)21(2)35/h9-17,19,36H,8,18,20H2,1-7H3. The summed E-state index contributed by atoms with van der Waals surface area (Å²) in [5, 5.41) is 11.4. The number of carbonyl (C=O) groups is 1. The number of phenolic OH excluding ortho intramolecular Hbond substituents is 1. The first-order chi connectivity index (χ1) is 17.9. The number of aromatic nitrogens is 2. The number of aromatic hydroxyl groups is 1. The Kier molecular flexibility index (Phi) is 7.93. The molecule has 200 valence electrons. The third kappa shape index (κ3) is 6.24. The van der Waals surface area contributed by atoms with Gasteiger partial charge in [0.05, 0.1) is 6.61 Å². The van der Waals surface area contributed by atoms with E-state index in [1.54, 1.807) is 24.8 Å². The van der Waals surface area contributed by atoms with E-state index in [0.29, 0.717) is 25.5 Å². The van der Waals surface area contributed by atoms with E-state index in [4.69, 9.17) is 4.74 Å². The summed E-state index contributed by atoms with van der Waals surface area (Å²) in [5.41, 5.74) is 4.97. The molecule has 0 aliphatic heterocycles. The Hall–Kier alpha value is -3.25. The van der Waals surface area contributed by atoms with Crippen LogP contribution >= 0.6 is 11.8 Å². The smallest absolute Gasteiger partial charge is 0.213 e. The molecule has 0 amide bonds. The van der Waals surface area contributed by atoms with Crippen LogP contribution in [0.1, 0.15) is 59.7 Å². The van der Waals surface area contributed by atoms with E-state index in [1.807, 2.05) is 51.2 Å². The zero-order valence-corrected chi connectivity index (χ0v) is 24.3. The van der Waals surface area contributed by atoms with Crippen LogP contribution in [0.15, 0.2) is 65.7 Å². The lowest BCUT2D eigenvalue weighted by Crippen LogP contribution is -2.26. The third-order valence-corrected chi connectivity index (χ3v) is 8.00. The number of nitrogens with zero attached hydrogens (tertiary/aromatic N) is 2. The van der Waals surface area contributed by atoms with Gasteiger partial charge in [0, 0.05) is 62.4 Å². The van der Waals surface area contributed by atoms with Crippen LogP contribution in [-0.2, 0) is 17.8 Å². The number of benzene rings is 2. The molecule has 2 aromatic heterocycles. The summed E-state index contributed by atoms with van der Waals surface area (Å²) in [4.78, 5) is 18.1. The van der Waals surface area contributed by atoms with Crippen LogP contribution in [-0.4, -0.2) is 31.8 Å². The van der Waals surface area contributed by atoms with Crippen LogP contribution in [0.25, 0.3) is 22.0 Å². The van der Waals surface area contributed by atoms with Gasteiger partial charge in [-0.2, -0.15) is 0 Å². The van der Waals surface area contributed by atoms with E-state index < -0.39 is 5.41 Å². The van der Waals surface area contributed by atoms with Crippen LogP contribution in [0, 0.1) is 5.41 Å². The molecule has 4 rings (SSSR count). The van der Waals surface area contributed by atoms with Crippen molar-refractivity contribution in [2.45, 2.75) is 71.1 Å². The molecular weight excluding hydrogens is 492 g/mol. The summed E-state index contributed by atoms with van der Waals surface area (Å²) in [5.74, 6) is 1.04. The van der Waals surface area contributed by atoms with Crippen molar-refractivity contribution in [3.05, 3.63) is 72.1 Å². The van der Waals surface area contributed by atoms with Gasteiger partial charge in [0.25, 0.3) is 0 Å². The number of Topliss-reactive ketones (excluding diaryl/α,β-unsaturated/α-hetero) is 1. The molecular formula is C32H38N2O3S. The maximum atomic E-state index is 12.6. The Balaban J connectivity index is 1.77. The first kappa shape index (κ1) is 27.8. The van der Waals surface area contributed by atoms with Crippen molar-refractivity contribution in [3.8, 4) is 22.8 Å². The summed E-state index contributed by atoms with van der Waals surface area (Å²) in [6.45, 7) is 15.5. The molecule has 0 spiro atoms. The number of ether oxygens (including phenoxy) is 1. The largest absolute Gasteiger partial charge is 0.508 e. The monoisotopic (exact) mass is 530 g/mol. The number of fused-ring (bicyclic) bond motifs is 1. The minimum Gasteiger partial charge on any atom is -0.508 e. The number of hydrogen-bond acceptors (Lipinski definition) is 5. The number of phenols is 1. The Morgan fingerprint density at radius 3 is 2.26 bits per heavy atom. The van der Waals surface area contributed by atoms with Crippen molar-refractivity contribution in [2.24, 2.45) is 5.41 Å². The quantitative estimate of drug-likeness (QED) is 0.223. The van der Waals surface area contributed by atoms with Crippen LogP contribution < -0.4 is 4.74 Å². The van der Waals surface area contributed by atoms with E-state index in [0.717, 1.165) is 38.2 Å². The second-order valence-corrected chi connectivity index (χ2v) is 13.2. The molecule has 0 fully saturated rings. The fourth-order valence-electron chi connectivity index (χ4n) is 4.45. The molecule has 0 radical (unpaired) electrons. The molecule has 2 aromatic carbocycles. The summed E-state index contributed by atoms with van der Waals surface area (Å²) < 4.78 is 7.75. The molecule has 0 bridgehead atoms. The van der Waals surface area contributed by atoms with Gasteiger partial charge in [-0.3, -0.25) is 4.79 Å². The third-order valence-electron chi connectivity index (χ3n) is 6.73. The van der Waals surface area contributed by atoms with Crippen LogP contribution in [0.4, 0.5) is 0 Å². The van der Waals surface area contributed by atoms with Gasteiger partial charge < -0.3 is 14.4 Å². The number of rotatable bonds is 9. The fourth-order valence-corrected chi connectivity index (χ4v) is 5.64. The van der Waals surface area contributed by atoms with Crippen LogP contribution in [0.3, 0.4) is 0 Å². The van der Waals surface area contributed by atoms with Gasteiger partial charge in [-0.15, -0.1) is 11.8 Å². The zero-order valence-electron chi connectivity index (χ0n) is 23.5. The Morgan fingerprint density at radius 1 is 1.00 bits per heavy atom. The van der Waals surface area contributed by atoms with Gasteiger partial charge in [-0.1, -0.05) is 58.9 Å². The topological polar surface area (TPSA) is 64.3 Å². The van der Waals surface area contributed by atoms with Gasteiger partial charge in [0.15, 0.2) is 0 Å². The SMILES string of the molecule is CCOc1ccc(-c2ccc(Cn3c(CC(C)(C)C(C)=O)c(SC(C)(C)C)c4cc(O)ccc43)cc2)cn1. The van der Waals surface area contributed by atoms with Gasteiger partial charge in [-0.25, -0.2) is 4.98 Å². The highest BCUT2D eigenvalue weighted by molar-refractivity contribution is 8.00. The van der Waals surface area contributed by atoms with E-state index >= 15 is 0 Å². The maximum absolute atomic E-state index is 12.6. The second kappa shape index (κ2) is 10.9. The molecule has 4 aromatic rings. The molecule has 1 N–H and O–H groups in total. The van der Waals surface area contributed by atoms with E-state index in [-0.39, 0.29) is 16.3 Å². The molecule has 0 atom stereocenters. The summed E-state index contributed by atoms with van der Waals surface area (Å²) in [6, 6.07) is 18.0. The normalized spacial score (nSPS) is 12.2. The minimum absolute atomic E-state index is 0.0346. The van der Waals surface area contributed by atoms with E-state index in [2.05, 4.69) is 54.6 Å². The zero-order chi connectivity index (χ0) is 27.7. The number of ketones is 1. The first-order valence-electron chi connectivity index (χ1n) is 13.1. The Morgan fingerprint density at radius 2 is 1.68 bits per heavy atom. The predicted octanol–water partition coefficient (Wildman–Crippen LogP) is 7.90. The molecule has 5 nitrogen and oxygen atoms in total. The lowest BCUT2D eigenvalue weighted by molar-refractivity contribution is -0.124. The highest BCUT2D eigenvalue weighted by atomic mass is 32.2. The molecule has 0 unspecified atom stereocenters. The minimum atomic E-state index is -0.508. The molecule has 0 aliphatic rings. The Bertz CT molecular complexity index is 1430. The van der Waals surface area contributed by atoms with Crippen LogP contribution in [0.2, 0.25) is 0 Å². The molecule has 2 heterocycles.